The van der Waals surface area contributed by atoms with E-state index in [0.717, 1.165) is 22.4 Å². The molecular weight excluding hydrogens is 324 g/mol. The normalized spacial score (nSPS) is 10.9. The van der Waals surface area contributed by atoms with Gasteiger partial charge in [0.25, 0.3) is 0 Å². The summed E-state index contributed by atoms with van der Waals surface area (Å²) in [6, 6.07) is 20.8. The summed E-state index contributed by atoms with van der Waals surface area (Å²) in [5.74, 6) is -0.782. The molecule has 0 bridgehead atoms. The fourth-order valence-electron chi connectivity index (χ4n) is 3.20. The molecule has 0 aliphatic heterocycles. The number of hydrogen-bond donors (Lipinski definition) is 1. The Kier molecular flexibility index (Phi) is 4.23. The first-order valence-corrected chi connectivity index (χ1v) is 8.53. The number of nitrogens with zero attached hydrogens (tertiary/aromatic N) is 2. The lowest BCUT2D eigenvalue weighted by Gasteiger charge is -2.13. The second kappa shape index (κ2) is 6.84. The summed E-state index contributed by atoms with van der Waals surface area (Å²) in [5.41, 5.74) is 4.21. The minimum Gasteiger partial charge on any atom is -0.481 e. The molecule has 4 rings (SSSR count). The minimum absolute atomic E-state index is 0.127. The molecule has 0 amide bonds. The van der Waals surface area contributed by atoms with Crippen LogP contribution in [0.2, 0.25) is 0 Å². The summed E-state index contributed by atoms with van der Waals surface area (Å²) >= 11 is 0. The monoisotopic (exact) mass is 342 g/mol. The molecule has 4 aromatic rings. The Bertz CT molecular complexity index is 1070. The molecule has 0 atom stereocenters. The zero-order valence-electron chi connectivity index (χ0n) is 14.2. The average Bonchev–Trinajstić information content (AvgIpc) is 3.20. The third-order valence-electron chi connectivity index (χ3n) is 4.53. The Morgan fingerprint density at radius 3 is 2.62 bits per heavy atom. The lowest BCUT2D eigenvalue weighted by molar-refractivity contribution is -0.136. The number of aryl methyl sites for hydroxylation is 1. The minimum atomic E-state index is -0.782. The van der Waals surface area contributed by atoms with Crippen LogP contribution in [0.1, 0.15) is 12.0 Å². The highest BCUT2D eigenvalue weighted by atomic mass is 16.4. The summed E-state index contributed by atoms with van der Waals surface area (Å²) in [6.07, 6.45) is 6.08. The highest BCUT2D eigenvalue weighted by Crippen LogP contribution is 2.31. The molecule has 0 fully saturated rings. The van der Waals surface area contributed by atoms with Crippen molar-refractivity contribution in [3.63, 3.8) is 0 Å². The van der Waals surface area contributed by atoms with Gasteiger partial charge in [-0.05, 0) is 46.5 Å². The molecule has 128 valence electrons. The summed E-state index contributed by atoms with van der Waals surface area (Å²) in [7, 11) is 0. The maximum atomic E-state index is 10.9. The van der Waals surface area contributed by atoms with Crippen molar-refractivity contribution in [2.24, 2.45) is 0 Å². The number of carboxylic acid groups (broad SMARTS) is 1. The van der Waals surface area contributed by atoms with Gasteiger partial charge in [0.05, 0.1) is 12.0 Å². The number of hydrogen-bond acceptors (Lipinski definition) is 2. The molecule has 26 heavy (non-hydrogen) atoms. The van der Waals surface area contributed by atoms with Gasteiger partial charge < -0.3 is 9.67 Å². The van der Waals surface area contributed by atoms with Crippen molar-refractivity contribution in [2.45, 2.75) is 12.8 Å². The molecule has 4 nitrogen and oxygen atoms in total. The number of aliphatic carboxylic acids is 1. The molecule has 0 aliphatic carbocycles. The van der Waals surface area contributed by atoms with E-state index in [1.165, 1.54) is 10.8 Å². The van der Waals surface area contributed by atoms with Crippen LogP contribution in [0, 0.1) is 0 Å². The van der Waals surface area contributed by atoms with Crippen LogP contribution < -0.4 is 0 Å². The van der Waals surface area contributed by atoms with E-state index in [2.05, 4.69) is 41.4 Å². The SMILES string of the molecule is O=C(O)CCc1ccc(-n2ccnc2)c(-c2ccc3ccccc3c2)c1. The molecule has 0 saturated carbocycles. The summed E-state index contributed by atoms with van der Waals surface area (Å²) in [6.45, 7) is 0. The Balaban J connectivity index is 1.84. The first-order valence-electron chi connectivity index (χ1n) is 8.53. The second-order valence-electron chi connectivity index (χ2n) is 6.28. The number of aromatic nitrogens is 2. The van der Waals surface area contributed by atoms with Gasteiger partial charge in [0.2, 0.25) is 0 Å². The van der Waals surface area contributed by atoms with E-state index in [9.17, 15) is 4.79 Å². The van der Waals surface area contributed by atoms with Gasteiger partial charge >= 0.3 is 5.97 Å². The highest BCUT2D eigenvalue weighted by molar-refractivity contribution is 5.88. The fourth-order valence-corrected chi connectivity index (χ4v) is 3.20. The van der Waals surface area contributed by atoms with Crippen LogP contribution in [0.25, 0.3) is 27.6 Å². The van der Waals surface area contributed by atoms with Crippen LogP contribution >= 0.6 is 0 Å². The van der Waals surface area contributed by atoms with Crippen molar-refractivity contribution in [1.29, 1.82) is 0 Å². The smallest absolute Gasteiger partial charge is 0.303 e. The maximum absolute atomic E-state index is 10.9. The first-order chi connectivity index (χ1) is 12.7. The first kappa shape index (κ1) is 16.1. The van der Waals surface area contributed by atoms with E-state index in [0.29, 0.717) is 6.42 Å². The third kappa shape index (κ3) is 3.22. The molecule has 1 heterocycles. The highest BCUT2D eigenvalue weighted by Gasteiger charge is 2.10. The maximum Gasteiger partial charge on any atom is 0.303 e. The lowest BCUT2D eigenvalue weighted by Crippen LogP contribution is -2.00. The van der Waals surface area contributed by atoms with Crippen molar-refractivity contribution < 1.29 is 9.90 Å². The van der Waals surface area contributed by atoms with Gasteiger partial charge in [-0.25, -0.2) is 4.98 Å². The van der Waals surface area contributed by atoms with E-state index < -0.39 is 5.97 Å². The quantitative estimate of drug-likeness (QED) is 0.571. The standard InChI is InChI=1S/C22H18N2O2/c25-22(26)10-6-16-5-9-21(24-12-11-23-15-24)20(13-16)19-8-7-17-3-1-2-4-18(17)14-19/h1-5,7-9,11-15H,6,10H2,(H,25,26). The zero-order valence-corrected chi connectivity index (χ0v) is 14.2. The van der Waals surface area contributed by atoms with E-state index in [4.69, 9.17) is 5.11 Å². The number of benzene rings is 3. The Labute approximate surface area is 151 Å². The van der Waals surface area contributed by atoms with Crippen molar-refractivity contribution in [3.05, 3.63) is 84.9 Å². The van der Waals surface area contributed by atoms with Crippen molar-refractivity contribution in [2.75, 3.05) is 0 Å². The van der Waals surface area contributed by atoms with Gasteiger partial charge in [-0.15, -0.1) is 0 Å². The van der Waals surface area contributed by atoms with Crippen molar-refractivity contribution in [3.8, 4) is 16.8 Å². The number of imidazole rings is 1. The lowest BCUT2D eigenvalue weighted by atomic mass is 9.96. The molecule has 0 saturated heterocycles. The molecule has 0 aliphatic rings. The van der Waals surface area contributed by atoms with Gasteiger partial charge in [-0.3, -0.25) is 4.79 Å². The van der Waals surface area contributed by atoms with Gasteiger partial charge in [0.1, 0.15) is 0 Å². The zero-order chi connectivity index (χ0) is 17.9. The van der Waals surface area contributed by atoms with Crippen LogP contribution in [0.4, 0.5) is 0 Å². The molecule has 0 radical (unpaired) electrons. The fraction of sp³-hybridized carbons (Fsp3) is 0.0909. The van der Waals surface area contributed by atoms with Crippen LogP contribution in [0.15, 0.2) is 79.4 Å². The van der Waals surface area contributed by atoms with Crippen molar-refractivity contribution >= 4 is 16.7 Å². The Morgan fingerprint density at radius 2 is 1.85 bits per heavy atom. The predicted molar refractivity (Wildman–Crippen MR) is 102 cm³/mol. The molecule has 1 aromatic heterocycles. The number of carboxylic acids is 1. The van der Waals surface area contributed by atoms with Crippen molar-refractivity contribution in [1.82, 2.24) is 9.55 Å². The van der Waals surface area contributed by atoms with Crippen LogP contribution in [-0.4, -0.2) is 20.6 Å². The molecular formula is C22H18N2O2. The predicted octanol–water partition coefficient (Wildman–Crippen LogP) is 4.71. The summed E-state index contributed by atoms with van der Waals surface area (Å²) in [4.78, 5) is 15.1. The topological polar surface area (TPSA) is 55.1 Å². The number of rotatable bonds is 5. The summed E-state index contributed by atoms with van der Waals surface area (Å²) in [5, 5.41) is 11.3. The molecule has 4 heteroatoms. The van der Waals surface area contributed by atoms with Crippen LogP contribution in [0.5, 0.6) is 0 Å². The molecule has 0 spiro atoms. The van der Waals surface area contributed by atoms with E-state index in [1.54, 1.807) is 12.5 Å². The Hall–Kier alpha value is -3.40. The van der Waals surface area contributed by atoms with Gasteiger partial charge in [0, 0.05) is 24.4 Å². The molecule has 1 N–H and O–H groups in total. The van der Waals surface area contributed by atoms with Gasteiger partial charge in [-0.2, -0.15) is 0 Å². The summed E-state index contributed by atoms with van der Waals surface area (Å²) < 4.78 is 1.98. The van der Waals surface area contributed by atoms with Gasteiger partial charge in [-0.1, -0.05) is 42.5 Å². The number of fused-ring (bicyclic) bond motifs is 1. The Morgan fingerprint density at radius 1 is 1.00 bits per heavy atom. The number of carbonyl (C=O) groups is 1. The second-order valence-corrected chi connectivity index (χ2v) is 6.28. The van der Waals surface area contributed by atoms with Gasteiger partial charge in [0.15, 0.2) is 0 Å². The average molecular weight is 342 g/mol. The molecule has 0 unspecified atom stereocenters. The van der Waals surface area contributed by atoms with E-state index >= 15 is 0 Å². The van der Waals surface area contributed by atoms with Crippen LogP contribution in [0.3, 0.4) is 0 Å². The largest absolute Gasteiger partial charge is 0.481 e. The third-order valence-corrected chi connectivity index (χ3v) is 4.53. The van der Waals surface area contributed by atoms with E-state index in [-0.39, 0.29) is 6.42 Å². The molecule has 3 aromatic carbocycles. The van der Waals surface area contributed by atoms with Crippen LogP contribution in [-0.2, 0) is 11.2 Å². The van der Waals surface area contributed by atoms with E-state index in [1.807, 2.05) is 35.0 Å².